The van der Waals surface area contributed by atoms with Crippen LogP contribution in [0, 0.1) is 0 Å². The Kier molecular flexibility index (Phi) is 5.82. The molecule has 1 N–H and O–H groups in total. The SMILES string of the molecule is C=CCCC(O)CN(C)C1CCCC1S(C)(=O)=O. The Morgan fingerprint density at radius 2 is 2.17 bits per heavy atom. The molecule has 0 saturated heterocycles. The van der Waals surface area contributed by atoms with Gasteiger partial charge >= 0.3 is 0 Å². The topological polar surface area (TPSA) is 57.6 Å². The first kappa shape index (κ1) is 15.7. The van der Waals surface area contributed by atoms with Crippen LogP contribution in [0.5, 0.6) is 0 Å². The molecule has 1 aliphatic rings. The molecule has 0 aromatic carbocycles. The Morgan fingerprint density at radius 1 is 1.50 bits per heavy atom. The van der Waals surface area contributed by atoms with Gasteiger partial charge in [-0.1, -0.05) is 12.5 Å². The van der Waals surface area contributed by atoms with E-state index < -0.39 is 15.9 Å². The fourth-order valence-electron chi connectivity index (χ4n) is 2.78. The predicted octanol–water partition coefficient (Wildman–Crippen LogP) is 1.21. The third-order valence-corrected chi connectivity index (χ3v) is 5.39. The molecule has 0 aromatic rings. The summed E-state index contributed by atoms with van der Waals surface area (Å²) in [5.74, 6) is 0. The first-order valence-electron chi connectivity index (χ1n) is 6.54. The lowest BCUT2D eigenvalue weighted by Gasteiger charge is -2.30. The molecule has 0 amide bonds. The lowest BCUT2D eigenvalue weighted by atomic mass is 10.1. The van der Waals surface area contributed by atoms with E-state index in [2.05, 4.69) is 6.58 Å². The summed E-state index contributed by atoms with van der Waals surface area (Å²) in [4.78, 5) is 2.01. The molecule has 0 aromatic heterocycles. The number of hydrogen-bond acceptors (Lipinski definition) is 4. The number of hydrogen-bond donors (Lipinski definition) is 1. The van der Waals surface area contributed by atoms with E-state index in [1.165, 1.54) is 6.26 Å². The maximum Gasteiger partial charge on any atom is 0.151 e. The second-order valence-corrected chi connectivity index (χ2v) is 7.59. The van der Waals surface area contributed by atoms with E-state index in [9.17, 15) is 13.5 Å². The van der Waals surface area contributed by atoms with Crippen molar-refractivity contribution < 1.29 is 13.5 Å². The first-order valence-corrected chi connectivity index (χ1v) is 8.49. The molecular weight excluding hydrogens is 250 g/mol. The van der Waals surface area contributed by atoms with Crippen molar-refractivity contribution >= 4 is 9.84 Å². The van der Waals surface area contributed by atoms with Gasteiger partial charge in [0.1, 0.15) is 0 Å². The van der Waals surface area contributed by atoms with E-state index in [1.807, 2.05) is 11.9 Å². The molecule has 1 saturated carbocycles. The number of rotatable bonds is 7. The molecule has 1 fully saturated rings. The lowest BCUT2D eigenvalue weighted by molar-refractivity contribution is 0.0996. The summed E-state index contributed by atoms with van der Waals surface area (Å²) in [6.45, 7) is 4.16. The van der Waals surface area contributed by atoms with Gasteiger partial charge in [-0.25, -0.2) is 8.42 Å². The summed E-state index contributed by atoms with van der Waals surface area (Å²) in [6, 6.07) is 0.0541. The van der Waals surface area contributed by atoms with Crippen LogP contribution < -0.4 is 0 Å². The van der Waals surface area contributed by atoms with Crippen LogP contribution >= 0.6 is 0 Å². The quantitative estimate of drug-likeness (QED) is 0.710. The molecular formula is C13H25NO3S. The van der Waals surface area contributed by atoms with Crippen LogP contribution in [0.1, 0.15) is 32.1 Å². The van der Waals surface area contributed by atoms with Crippen molar-refractivity contribution in [3.05, 3.63) is 12.7 Å². The highest BCUT2D eigenvalue weighted by Crippen LogP contribution is 2.28. The number of sulfone groups is 1. The molecule has 4 nitrogen and oxygen atoms in total. The van der Waals surface area contributed by atoms with E-state index in [4.69, 9.17) is 0 Å². The van der Waals surface area contributed by atoms with Gasteiger partial charge < -0.3 is 5.11 Å². The third-order valence-electron chi connectivity index (χ3n) is 3.74. The molecule has 3 atom stereocenters. The molecule has 0 spiro atoms. The van der Waals surface area contributed by atoms with Gasteiger partial charge in [0.25, 0.3) is 0 Å². The fourth-order valence-corrected chi connectivity index (χ4v) is 4.29. The number of aliphatic hydroxyl groups is 1. The first-order chi connectivity index (χ1) is 8.36. The number of aliphatic hydroxyl groups excluding tert-OH is 1. The lowest BCUT2D eigenvalue weighted by Crippen LogP contribution is -2.44. The summed E-state index contributed by atoms with van der Waals surface area (Å²) in [7, 11) is -1.08. The number of allylic oxidation sites excluding steroid dienone is 1. The normalized spacial score (nSPS) is 26.4. The number of likely N-dealkylation sites (N-methyl/N-ethyl adjacent to an activating group) is 1. The van der Waals surface area contributed by atoms with Crippen LogP contribution in [0.2, 0.25) is 0 Å². The summed E-state index contributed by atoms with van der Waals surface area (Å²) in [5.41, 5.74) is 0. The zero-order valence-electron chi connectivity index (χ0n) is 11.4. The fraction of sp³-hybridized carbons (Fsp3) is 0.846. The Bertz CT molecular complexity index is 366. The van der Waals surface area contributed by atoms with Crippen LogP contribution in [0.4, 0.5) is 0 Å². The Morgan fingerprint density at radius 3 is 2.72 bits per heavy atom. The largest absolute Gasteiger partial charge is 0.392 e. The molecule has 1 aliphatic carbocycles. The van der Waals surface area contributed by atoms with Gasteiger partial charge in [0.05, 0.1) is 11.4 Å². The molecule has 0 heterocycles. The Hall–Kier alpha value is -0.390. The predicted molar refractivity (Wildman–Crippen MR) is 74.3 cm³/mol. The van der Waals surface area contributed by atoms with Gasteiger partial charge in [-0.05, 0) is 32.7 Å². The van der Waals surface area contributed by atoms with E-state index in [0.717, 1.165) is 25.7 Å². The van der Waals surface area contributed by atoms with Crippen molar-refractivity contribution in [3.8, 4) is 0 Å². The van der Waals surface area contributed by atoms with Gasteiger partial charge in [-0.2, -0.15) is 0 Å². The smallest absolute Gasteiger partial charge is 0.151 e. The third kappa shape index (κ3) is 4.37. The van der Waals surface area contributed by atoms with Gasteiger partial charge in [-0.3, -0.25) is 4.90 Å². The zero-order valence-corrected chi connectivity index (χ0v) is 12.2. The van der Waals surface area contributed by atoms with Crippen molar-refractivity contribution in [3.63, 3.8) is 0 Å². The summed E-state index contributed by atoms with van der Waals surface area (Å²) >= 11 is 0. The summed E-state index contributed by atoms with van der Waals surface area (Å²) in [6.07, 6.45) is 6.78. The highest BCUT2D eigenvalue weighted by molar-refractivity contribution is 7.91. The standard InChI is InChI=1S/C13H25NO3S/c1-4-5-7-11(15)10-14(2)12-8-6-9-13(12)18(3,16)17/h4,11-13,15H,1,5-10H2,2-3H3. The summed E-state index contributed by atoms with van der Waals surface area (Å²) < 4.78 is 23.4. The molecule has 0 bridgehead atoms. The van der Waals surface area contributed by atoms with Gasteiger partial charge in [0, 0.05) is 18.8 Å². The van der Waals surface area contributed by atoms with Crippen LogP contribution in [-0.2, 0) is 9.84 Å². The minimum Gasteiger partial charge on any atom is -0.392 e. The number of nitrogens with zero attached hydrogens (tertiary/aromatic N) is 1. The Labute approximate surface area is 111 Å². The average Bonchev–Trinajstić information content (AvgIpc) is 2.74. The van der Waals surface area contributed by atoms with E-state index in [1.54, 1.807) is 6.08 Å². The molecule has 0 aliphatic heterocycles. The molecule has 0 radical (unpaired) electrons. The molecule has 3 unspecified atom stereocenters. The maximum atomic E-state index is 11.7. The summed E-state index contributed by atoms with van der Waals surface area (Å²) in [5, 5.41) is 9.59. The van der Waals surface area contributed by atoms with Crippen LogP contribution in [-0.4, -0.2) is 55.7 Å². The molecule has 106 valence electrons. The molecule has 18 heavy (non-hydrogen) atoms. The Balaban J connectivity index is 2.55. The molecule has 1 rings (SSSR count). The van der Waals surface area contributed by atoms with Crippen molar-refractivity contribution in [2.45, 2.75) is 49.5 Å². The van der Waals surface area contributed by atoms with Crippen molar-refractivity contribution in [1.82, 2.24) is 4.90 Å². The van der Waals surface area contributed by atoms with Crippen LogP contribution in [0.25, 0.3) is 0 Å². The minimum atomic E-state index is -2.99. The monoisotopic (exact) mass is 275 g/mol. The van der Waals surface area contributed by atoms with Gasteiger partial charge in [-0.15, -0.1) is 6.58 Å². The van der Waals surface area contributed by atoms with E-state index in [-0.39, 0.29) is 11.3 Å². The molecule has 5 heteroatoms. The van der Waals surface area contributed by atoms with Crippen molar-refractivity contribution in [1.29, 1.82) is 0 Å². The van der Waals surface area contributed by atoms with E-state index in [0.29, 0.717) is 13.0 Å². The minimum absolute atomic E-state index is 0.0541. The average molecular weight is 275 g/mol. The second kappa shape index (κ2) is 6.68. The van der Waals surface area contributed by atoms with E-state index >= 15 is 0 Å². The van der Waals surface area contributed by atoms with Gasteiger partial charge in [0.2, 0.25) is 0 Å². The highest BCUT2D eigenvalue weighted by Gasteiger charge is 2.37. The highest BCUT2D eigenvalue weighted by atomic mass is 32.2. The second-order valence-electron chi connectivity index (χ2n) is 5.33. The van der Waals surface area contributed by atoms with Crippen LogP contribution in [0.3, 0.4) is 0 Å². The van der Waals surface area contributed by atoms with Crippen molar-refractivity contribution in [2.75, 3.05) is 19.8 Å². The van der Waals surface area contributed by atoms with Crippen LogP contribution in [0.15, 0.2) is 12.7 Å². The zero-order chi connectivity index (χ0) is 13.8. The van der Waals surface area contributed by atoms with Gasteiger partial charge in [0.15, 0.2) is 9.84 Å². The van der Waals surface area contributed by atoms with Crippen molar-refractivity contribution in [2.24, 2.45) is 0 Å². The maximum absolute atomic E-state index is 11.7.